The average molecular weight is 303 g/mol. The summed E-state index contributed by atoms with van der Waals surface area (Å²) < 4.78 is 5.44. The van der Waals surface area contributed by atoms with Gasteiger partial charge >= 0.3 is 0 Å². The van der Waals surface area contributed by atoms with Crippen molar-refractivity contribution in [2.24, 2.45) is 0 Å². The molecule has 2 rings (SSSR count). The van der Waals surface area contributed by atoms with Gasteiger partial charge in [-0.05, 0) is 42.5 Å². The maximum Gasteiger partial charge on any atom is 0.124 e. The highest BCUT2D eigenvalue weighted by Gasteiger charge is 2.22. The number of aryl methyl sites for hydroxylation is 2. The summed E-state index contributed by atoms with van der Waals surface area (Å²) in [6.07, 6.45) is 1.02. The summed E-state index contributed by atoms with van der Waals surface area (Å²) in [4.78, 5) is 0. The monoisotopic (exact) mass is 302 g/mol. The van der Waals surface area contributed by atoms with Crippen molar-refractivity contribution in [1.82, 2.24) is 0 Å². The van der Waals surface area contributed by atoms with Crippen molar-refractivity contribution in [2.45, 2.75) is 38.5 Å². The lowest BCUT2D eigenvalue weighted by Crippen LogP contribution is -2.06. The van der Waals surface area contributed by atoms with Gasteiger partial charge in [0.15, 0.2) is 0 Å². The van der Waals surface area contributed by atoms with Crippen LogP contribution >= 0.6 is 11.6 Å². The average Bonchev–Trinajstić information content (AvgIpc) is 2.48. The Labute approximate surface area is 132 Å². The Kier molecular flexibility index (Phi) is 5.30. The first-order valence-electron chi connectivity index (χ1n) is 7.42. The topological polar surface area (TPSA) is 9.23 Å². The predicted molar refractivity (Wildman–Crippen MR) is 90.5 cm³/mol. The van der Waals surface area contributed by atoms with E-state index in [4.69, 9.17) is 16.3 Å². The first-order chi connectivity index (χ1) is 10.1. The van der Waals surface area contributed by atoms with Crippen molar-refractivity contribution >= 4 is 11.6 Å². The van der Waals surface area contributed by atoms with Gasteiger partial charge in [-0.1, -0.05) is 49.4 Å². The zero-order valence-electron chi connectivity index (χ0n) is 13.2. The number of methoxy groups -OCH3 is 1. The summed E-state index contributed by atoms with van der Waals surface area (Å²) in [5, 5.41) is -0.0271. The van der Waals surface area contributed by atoms with Crippen LogP contribution in [0.4, 0.5) is 0 Å². The smallest absolute Gasteiger partial charge is 0.124 e. The third kappa shape index (κ3) is 3.41. The molecule has 0 aliphatic carbocycles. The molecule has 0 aliphatic heterocycles. The lowest BCUT2D eigenvalue weighted by molar-refractivity contribution is 0.408. The Bertz CT molecular complexity index is 569. The number of hydrogen-bond donors (Lipinski definition) is 0. The molecule has 0 saturated heterocycles. The molecule has 1 nitrogen and oxygen atoms in total. The van der Waals surface area contributed by atoms with Crippen molar-refractivity contribution in [3.05, 3.63) is 64.7 Å². The van der Waals surface area contributed by atoms with Gasteiger partial charge in [-0.3, -0.25) is 0 Å². The molecule has 0 N–H and O–H groups in total. The minimum absolute atomic E-state index is 0.0271. The molecule has 0 amide bonds. The van der Waals surface area contributed by atoms with E-state index >= 15 is 0 Å². The molecule has 0 saturated carbocycles. The van der Waals surface area contributed by atoms with Crippen LogP contribution in [0.15, 0.2) is 42.5 Å². The van der Waals surface area contributed by atoms with Crippen LogP contribution < -0.4 is 4.74 Å². The molecule has 0 aliphatic rings. The molecule has 21 heavy (non-hydrogen) atoms. The fourth-order valence-corrected chi connectivity index (χ4v) is 3.46. The molecule has 2 aromatic rings. The van der Waals surface area contributed by atoms with Crippen molar-refractivity contribution in [3.8, 4) is 5.75 Å². The molecule has 0 aromatic heterocycles. The quantitative estimate of drug-likeness (QED) is 0.636. The van der Waals surface area contributed by atoms with Crippen molar-refractivity contribution in [2.75, 3.05) is 7.11 Å². The van der Waals surface area contributed by atoms with Gasteiger partial charge in [-0.25, -0.2) is 0 Å². The molecular formula is C19H23ClO. The van der Waals surface area contributed by atoms with Gasteiger partial charge in [-0.15, -0.1) is 11.6 Å². The normalized spacial score (nSPS) is 13.8. The van der Waals surface area contributed by atoms with Crippen LogP contribution in [0.5, 0.6) is 5.75 Å². The van der Waals surface area contributed by atoms with E-state index in [0.29, 0.717) is 5.92 Å². The first kappa shape index (κ1) is 15.9. The number of benzene rings is 2. The second kappa shape index (κ2) is 7.00. The minimum Gasteiger partial charge on any atom is -0.496 e. The molecule has 112 valence electrons. The van der Waals surface area contributed by atoms with Crippen LogP contribution in [0.2, 0.25) is 0 Å². The summed E-state index contributed by atoms with van der Waals surface area (Å²) in [6, 6.07) is 14.8. The fraction of sp³-hybridized carbons (Fsp3) is 0.368. The lowest BCUT2D eigenvalue weighted by Gasteiger charge is -2.23. The van der Waals surface area contributed by atoms with Crippen LogP contribution in [0.3, 0.4) is 0 Å². The Morgan fingerprint density at radius 2 is 1.57 bits per heavy atom. The maximum atomic E-state index is 6.81. The summed E-state index contributed by atoms with van der Waals surface area (Å²) in [5.74, 6) is 1.27. The van der Waals surface area contributed by atoms with Crippen LogP contribution in [0.25, 0.3) is 0 Å². The molecule has 2 heteroatoms. The molecule has 2 unspecified atom stereocenters. The van der Waals surface area contributed by atoms with E-state index in [1.165, 1.54) is 11.1 Å². The summed E-state index contributed by atoms with van der Waals surface area (Å²) in [7, 11) is 1.71. The van der Waals surface area contributed by atoms with Gasteiger partial charge in [-0.2, -0.15) is 0 Å². The first-order valence-corrected chi connectivity index (χ1v) is 7.86. The van der Waals surface area contributed by atoms with Gasteiger partial charge in [0.1, 0.15) is 5.75 Å². The molecule has 2 atom stereocenters. The van der Waals surface area contributed by atoms with E-state index in [9.17, 15) is 0 Å². The Hall–Kier alpha value is -1.47. The number of alkyl halides is 1. The number of halogens is 1. The van der Waals surface area contributed by atoms with Crippen LogP contribution in [0.1, 0.15) is 46.9 Å². The molecule has 0 spiro atoms. The van der Waals surface area contributed by atoms with Crippen LogP contribution in [-0.4, -0.2) is 7.11 Å². The highest BCUT2D eigenvalue weighted by atomic mass is 35.5. The van der Waals surface area contributed by atoms with Crippen LogP contribution in [-0.2, 0) is 0 Å². The maximum absolute atomic E-state index is 6.81. The van der Waals surface area contributed by atoms with Gasteiger partial charge in [0.2, 0.25) is 0 Å². The molecule has 0 fully saturated rings. The summed E-state index contributed by atoms with van der Waals surface area (Å²) in [5.41, 5.74) is 4.75. The minimum atomic E-state index is -0.0271. The predicted octanol–water partition coefficient (Wildman–Crippen LogP) is 5.79. The van der Waals surface area contributed by atoms with E-state index in [0.717, 1.165) is 23.3 Å². The molecular weight excluding hydrogens is 280 g/mol. The Morgan fingerprint density at radius 3 is 2.05 bits per heavy atom. The zero-order valence-corrected chi connectivity index (χ0v) is 13.9. The standard InChI is InChI=1S/C19H23ClO/c1-5-17(15-9-7-6-8-10-15)18(20)16-11-13(2)19(21-4)14(3)12-16/h6-12,17-18H,5H2,1-4H3. The highest BCUT2D eigenvalue weighted by Crippen LogP contribution is 2.40. The fourth-order valence-electron chi connectivity index (χ4n) is 3.01. The third-order valence-corrected chi connectivity index (χ3v) is 4.58. The number of ether oxygens (including phenoxy) is 1. The summed E-state index contributed by atoms with van der Waals surface area (Å²) in [6.45, 7) is 6.33. The Balaban J connectivity index is 2.36. The van der Waals surface area contributed by atoms with Gasteiger partial charge in [0.25, 0.3) is 0 Å². The second-order valence-electron chi connectivity index (χ2n) is 5.52. The van der Waals surface area contributed by atoms with Crippen molar-refractivity contribution in [3.63, 3.8) is 0 Å². The largest absolute Gasteiger partial charge is 0.496 e. The third-order valence-electron chi connectivity index (χ3n) is 4.03. The van der Waals surface area contributed by atoms with Crippen molar-refractivity contribution < 1.29 is 4.74 Å². The zero-order chi connectivity index (χ0) is 15.4. The van der Waals surface area contributed by atoms with E-state index in [2.05, 4.69) is 57.2 Å². The van der Waals surface area contributed by atoms with E-state index in [1.807, 2.05) is 6.07 Å². The lowest BCUT2D eigenvalue weighted by atomic mass is 9.88. The number of rotatable bonds is 5. The van der Waals surface area contributed by atoms with Gasteiger partial charge in [0.05, 0.1) is 12.5 Å². The van der Waals surface area contributed by atoms with Gasteiger partial charge < -0.3 is 4.74 Å². The second-order valence-corrected chi connectivity index (χ2v) is 5.99. The van der Waals surface area contributed by atoms with E-state index < -0.39 is 0 Å². The highest BCUT2D eigenvalue weighted by molar-refractivity contribution is 6.21. The molecule has 0 bridgehead atoms. The number of hydrogen-bond acceptors (Lipinski definition) is 1. The SMILES string of the molecule is CCC(c1ccccc1)C(Cl)c1cc(C)c(OC)c(C)c1. The van der Waals surface area contributed by atoms with E-state index in [-0.39, 0.29) is 5.38 Å². The van der Waals surface area contributed by atoms with Crippen LogP contribution in [0, 0.1) is 13.8 Å². The van der Waals surface area contributed by atoms with E-state index in [1.54, 1.807) is 7.11 Å². The Morgan fingerprint density at radius 1 is 1.00 bits per heavy atom. The summed E-state index contributed by atoms with van der Waals surface area (Å²) >= 11 is 6.81. The van der Waals surface area contributed by atoms with Gasteiger partial charge in [0, 0.05) is 5.92 Å². The molecule has 0 heterocycles. The van der Waals surface area contributed by atoms with Crippen molar-refractivity contribution in [1.29, 1.82) is 0 Å². The molecule has 2 aromatic carbocycles. The molecule has 0 radical (unpaired) electrons.